The molecule has 7 nitrogen and oxygen atoms in total. The van der Waals surface area contributed by atoms with Crippen molar-refractivity contribution in [2.75, 3.05) is 13.1 Å². The average Bonchev–Trinajstić information content (AvgIpc) is 2.91. The summed E-state index contributed by atoms with van der Waals surface area (Å²) < 4.78 is 0. The first kappa shape index (κ1) is 15.0. The molecule has 21 heavy (non-hydrogen) atoms. The molecule has 0 saturated carbocycles. The topological polar surface area (TPSA) is 113 Å². The Labute approximate surface area is 121 Å². The van der Waals surface area contributed by atoms with E-state index in [2.05, 4.69) is 5.32 Å². The van der Waals surface area contributed by atoms with Crippen molar-refractivity contribution in [2.45, 2.75) is 18.5 Å². The second-order valence-electron chi connectivity index (χ2n) is 4.88. The van der Waals surface area contributed by atoms with Gasteiger partial charge in [0, 0.05) is 24.6 Å². The van der Waals surface area contributed by atoms with Crippen LogP contribution >= 0.6 is 0 Å². The van der Waals surface area contributed by atoms with Crippen LogP contribution in [0.2, 0.25) is 0 Å². The summed E-state index contributed by atoms with van der Waals surface area (Å²) in [5.41, 5.74) is 5.77. The maximum Gasteiger partial charge on any atom is 0.326 e. The van der Waals surface area contributed by atoms with E-state index in [-0.39, 0.29) is 25.4 Å². The van der Waals surface area contributed by atoms with E-state index in [1.165, 1.54) is 4.90 Å². The predicted molar refractivity (Wildman–Crippen MR) is 74.5 cm³/mol. The van der Waals surface area contributed by atoms with Crippen LogP contribution in [0.5, 0.6) is 0 Å². The van der Waals surface area contributed by atoms with Gasteiger partial charge in [0.1, 0.15) is 6.04 Å². The number of hydrogen-bond donors (Lipinski definition) is 3. The molecule has 1 saturated heterocycles. The largest absolute Gasteiger partial charge is 0.480 e. The van der Waals surface area contributed by atoms with E-state index in [9.17, 15) is 14.4 Å². The molecule has 2 unspecified atom stereocenters. The molecule has 1 heterocycles. The summed E-state index contributed by atoms with van der Waals surface area (Å²) in [4.78, 5) is 36.1. The Morgan fingerprint density at radius 3 is 2.52 bits per heavy atom. The van der Waals surface area contributed by atoms with Gasteiger partial charge < -0.3 is 21.1 Å². The van der Waals surface area contributed by atoms with Gasteiger partial charge in [-0.1, -0.05) is 18.2 Å². The minimum atomic E-state index is -1.09. The lowest BCUT2D eigenvalue weighted by Crippen LogP contribution is -2.44. The summed E-state index contributed by atoms with van der Waals surface area (Å²) in [5.74, 6) is -1.81. The fourth-order valence-electron chi connectivity index (χ4n) is 2.43. The van der Waals surface area contributed by atoms with Crippen LogP contribution in [0.4, 0.5) is 0 Å². The van der Waals surface area contributed by atoms with Gasteiger partial charge >= 0.3 is 5.97 Å². The zero-order valence-corrected chi connectivity index (χ0v) is 11.4. The highest BCUT2D eigenvalue weighted by Crippen LogP contribution is 2.18. The standard InChI is InChI=1S/C14H17N3O4/c15-7-12(18)17-8-10(6-11(17)14(20)21)16-13(19)9-4-2-1-3-5-9/h1-5,10-11H,6-8,15H2,(H,16,19)(H,20,21). The minimum absolute atomic E-state index is 0.158. The Hall–Kier alpha value is -2.41. The van der Waals surface area contributed by atoms with Gasteiger partial charge in [0.15, 0.2) is 0 Å². The van der Waals surface area contributed by atoms with Gasteiger partial charge in [0.25, 0.3) is 5.91 Å². The summed E-state index contributed by atoms with van der Waals surface area (Å²) in [6, 6.07) is 7.29. The van der Waals surface area contributed by atoms with Crippen LogP contribution in [0.1, 0.15) is 16.8 Å². The van der Waals surface area contributed by atoms with Crippen LogP contribution in [-0.4, -0.2) is 53.0 Å². The molecule has 1 fully saturated rings. The quantitative estimate of drug-likeness (QED) is 0.687. The average molecular weight is 291 g/mol. The summed E-state index contributed by atoms with van der Waals surface area (Å²) in [5, 5.41) is 11.9. The van der Waals surface area contributed by atoms with Gasteiger partial charge in [0.2, 0.25) is 5.91 Å². The number of nitrogens with one attached hydrogen (secondary N) is 1. The number of rotatable bonds is 4. The first-order valence-corrected chi connectivity index (χ1v) is 6.61. The number of nitrogens with two attached hydrogens (primary N) is 1. The van der Waals surface area contributed by atoms with Gasteiger partial charge in [-0.15, -0.1) is 0 Å². The molecule has 1 aliphatic heterocycles. The highest BCUT2D eigenvalue weighted by Gasteiger charge is 2.39. The molecule has 1 aromatic rings. The number of carbonyl (C=O) groups excluding carboxylic acids is 2. The summed E-state index contributed by atoms with van der Waals surface area (Å²) in [7, 11) is 0. The number of amides is 2. The van der Waals surface area contributed by atoms with E-state index in [1.807, 2.05) is 0 Å². The maximum absolute atomic E-state index is 12.0. The number of aliphatic carboxylic acids is 1. The Morgan fingerprint density at radius 1 is 1.29 bits per heavy atom. The van der Waals surface area contributed by atoms with Gasteiger partial charge in [0.05, 0.1) is 6.54 Å². The second kappa shape index (κ2) is 6.36. The second-order valence-corrected chi connectivity index (χ2v) is 4.88. The lowest BCUT2D eigenvalue weighted by molar-refractivity contribution is -0.147. The van der Waals surface area contributed by atoms with E-state index in [0.29, 0.717) is 5.56 Å². The number of likely N-dealkylation sites (tertiary alicyclic amines) is 1. The van der Waals surface area contributed by atoms with Crippen molar-refractivity contribution in [2.24, 2.45) is 5.73 Å². The number of nitrogens with zero attached hydrogens (tertiary/aromatic N) is 1. The molecule has 0 spiro atoms. The van der Waals surface area contributed by atoms with Gasteiger partial charge in [-0.25, -0.2) is 4.79 Å². The third kappa shape index (κ3) is 3.38. The van der Waals surface area contributed by atoms with Crippen LogP contribution in [0.25, 0.3) is 0 Å². The van der Waals surface area contributed by atoms with Gasteiger partial charge in [-0.3, -0.25) is 9.59 Å². The summed E-state index contributed by atoms with van der Waals surface area (Å²) >= 11 is 0. The molecule has 0 aliphatic carbocycles. The van der Waals surface area contributed by atoms with E-state index >= 15 is 0 Å². The Bertz CT molecular complexity index is 546. The summed E-state index contributed by atoms with van der Waals surface area (Å²) in [6.07, 6.45) is 0.180. The van der Waals surface area contributed by atoms with Crippen molar-refractivity contribution in [3.05, 3.63) is 35.9 Å². The van der Waals surface area contributed by atoms with Gasteiger partial charge in [-0.2, -0.15) is 0 Å². The molecule has 112 valence electrons. The van der Waals surface area contributed by atoms with Crippen LogP contribution in [0, 0.1) is 0 Å². The number of carboxylic acids is 1. The van der Waals surface area contributed by atoms with Crippen LogP contribution in [0.3, 0.4) is 0 Å². The molecule has 0 radical (unpaired) electrons. The van der Waals surface area contributed by atoms with Crippen molar-refractivity contribution < 1.29 is 19.5 Å². The first-order chi connectivity index (χ1) is 10.0. The van der Waals surface area contributed by atoms with Crippen LogP contribution in [0.15, 0.2) is 30.3 Å². The monoisotopic (exact) mass is 291 g/mol. The van der Waals surface area contributed by atoms with E-state index in [0.717, 1.165) is 0 Å². The van der Waals surface area contributed by atoms with Crippen molar-refractivity contribution in [3.8, 4) is 0 Å². The number of hydrogen-bond acceptors (Lipinski definition) is 4. The van der Waals surface area contributed by atoms with E-state index in [1.54, 1.807) is 30.3 Å². The molecule has 1 aromatic carbocycles. The molecule has 7 heteroatoms. The Balaban J connectivity index is 2.04. The number of benzene rings is 1. The minimum Gasteiger partial charge on any atom is -0.480 e. The molecule has 0 bridgehead atoms. The highest BCUT2D eigenvalue weighted by molar-refractivity contribution is 5.94. The first-order valence-electron chi connectivity index (χ1n) is 6.61. The van der Waals surface area contributed by atoms with Crippen LogP contribution in [-0.2, 0) is 9.59 Å². The lowest BCUT2D eigenvalue weighted by atomic mass is 10.1. The zero-order valence-electron chi connectivity index (χ0n) is 11.4. The third-order valence-corrected chi connectivity index (χ3v) is 3.45. The maximum atomic E-state index is 12.0. The van der Waals surface area contributed by atoms with Crippen LogP contribution < -0.4 is 11.1 Å². The van der Waals surface area contributed by atoms with Crippen molar-refractivity contribution in [3.63, 3.8) is 0 Å². The molecule has 2 atom stereocenters. The molecule has 1 aliphatic rings. The molecule has 2 rings (SSSR count). The third-order valence-electron chi connectivity index (χ3n) is 3.45. The Kier molecular flexibility index (Phi) is 4.54. The number of carbonyl (C=O) groups is 3. The fraction of sp³-hybridized carbons (Fsp3) is 0.357. The lowest BCUT2D eigenvalue weighted by Gasteiger charge is -2.20. The van der Waals surface area contributed by atoms with Gasteiger partial charge in [-0.05, 0) is 12.1 Å². The predicted octanol–water partition coefficient (Wildman–Crippen LogP) is -0.571. The fourth-order valence-corrected chi connectivity index (χ4v) is 2.43. The van der Waals surface area contributed by atoms with Crippen molar-refractivity contribution in [1.29, 1.82) is 0 Å². The highest BCUT2D eigenvalue weighted by atomic mass is 16.4. The molecular formula is C14H17N3O4. The SMILES string of the molecule is NCC(=O)N1CC(NC(=O)c2ccccc2)CC1C(=O)O. The van der Waals surface area contributed by atoms with Crippen molar-refractivity contribution >= 4 is 17.8 Å². The van der Waals surface area contributed by atoms with E-state index < -0.39 is 24.0 Å². The van der Waals surface area contributed by atoms with Crippen molar-refractivity contribution in [1.82, 2.24) is 10.2 Å². The Morgan fingerprint density at radius 2 is 1.95 bits per heavy atom. The smallest absolute Gasteiger partial charge is 0.326 e. The molecule has 0 aromatic heterocycles. The zero-order chi connectivity index (χ0) is 15.4. The summed E-state index contributed by atoms with van der Waals surface area (Å²) in [6.45, 7) is -0.0886. The molecule has 2 amide bonds. The number of carboxylic acid groups (broad SMARTS) is 1. The normalized spacial score (nSPS) is 21.1. The molecule has 4 N–H and O–H groups in total. The molecular weight excluding hydrogens is 274 g/mol. The van der Waals surface area contributed by atoms with E-state index in [4.69, 9.17) is 10.8 Å².